The zero-order valence-electron chi connectivity index (χ0n) is 11.5. The van der Waals surface area contributed by atoms with Gasteiger partial charge in [-0.1, -0.05) is 17.3 Å². The number of nitrogens with zero attached hydrogens (tertiary/aromatic N) is 2. The minimum atomic E-state index is -4.39. The summed E-state index contributed by atoms with van der Waals surface area (Å²) in [5, 5.41) is 3.69. The molecule has 0 saturated carbocycles. The number of alkyl halides is 3. The van der Waals surface area contributed by atoms with Crippen molar-refractivity contribution in [2.75, 3.05) is 0 Å². The average Bonchev–Trinajstić information content (AvgIpc) is 3.08. The summed E-state index contributed by atoms with van der Waals surface area (Å²) in [7, 11) is 0. The Hall–Kier alpha value is -2.96. The van der Waals surface area contributed by atoms with Crippen LogP contribution >= 0.6 is 0 Å². The Labute approximate surface area is 128 Å². The van der Waals surface area contributed by atoms with Gasteiger partial charge in [0, 0.05) is 11.1 Å². The van der Waals surface area contributed by atoms with E-state index in [4.69, 9.17) is 0 Å². The normalized spacial score (nSPS) is 11.4. The number of carbonyl (C=O) groups is 1. The van der Waals surface area contributed by atoms with Gasteiger partial charge in [-0.15, -0.1) is 0 Å². The maximum atomic E-state index is 12.6. The molecule has 23 heavy (non-hydrogen) atoms. The predicted molar refractivity (Wildman–Crippen MR) is 75.6 cm³/mol. The van der Waals surface area contributed by atoms with Crippen LogP contribution < -0.4 is 0 Å². The van der Waals surface area contributed by atoms with Crippen LogP contribution in [0.5, 0.6) is 0 Å². The van der Waals surface area contributed by atoms with E-state index >= 15 is 0 Å². The summed E-state index contributed by atoms with van der Waals surface area (Å²) in [6.07, 6.45) is -2.59. The highest BCUT2D eigenvalue weighted by Gasteiger charge is 2.29. The van der Waals surface area contributed by atoms with Crippen molar-refractivity contribution in [1.82, 2.24) is 10.1 Å². The number of aromatic nitrogens is 2. The van der Waals surface area contributed by atoms with E-state index in [-0.39, 0.29) is 0 Å². The van der Waals surface area contributed by atoms with Gasteiger partial charge in [-0.25, -0.2) is 0 Å². The fraction of sp³-hybridized carbons (Fsp3) is 0.0625. The lowest BCUT2D eigenvalue weighted by Crippen LogP contribution is -2.04. The largest absolute Gasteiger partial charge is 0.416 e. The molecule has 7 heteroatoms. The Kier molecular flexibility index (Phi) is 3.69. The third kappa shape index (κ3) is 3.13. The molecule has 1 heterocycles. The summed E-state index contributed by atoms with van der Waals surface area (Å²) in [6, 6.07) is 9.54. The molecule has 2 aromatic carbocycles. The molecule has 116 valence electrons. The van der Waals surface area contributed by atoms with E-state index in [2.05, 4.69) is 14.7 Å². The van der Waals surface area contributed by atoms with E-state index < -0.39 is 11.7 Å². The molecule has 3 rings (SSSR count). The maximum absolute atomic E-state index is 12.6. The van der Waals surface area contributed by atoms with Crippen molar-refractivity contribution in [1.29, 1.82) is 0 Å². The quantitative estimate of drug-likeness (QED) is 0.678. The van der Waals surface area contributed by atoms with E-state index in [9.17, 15) is 18.0 Å². The first-order valence-electron chi connectivity index (χ1n) is 6.52. The molecular formula is C16H9F3N2O2. The van der Waals surface area contributed by atoms with Crippen molar-refractivity contribution in [3.05, 3.63) is 60.0 Å². The first-order valence-corrected chi connectivity index (χ1v) is 6.52. The van der Waals surface area contributed by atoms with Crippen LogP contribution in [-0.2, 0) is 6.18 Å². The highest BCUT2D eigenvalue weighted by molar-refractivity contribution is 5.83. The summed E-state index contributed by atoms with van der Waals surface area (Å²) in [5.41, 5.74) is 1.31. The standard InChI is InChI=1S/C16H9F3N2O2/c17-16(18,19)14-3-1-11(2-4-14)12-5-10(8-22)6-13(7-12)15-20-9-23-21-15/h1-9H. The number of hydrogen-bond donors (Lipinski definition) is 0. The van der Waals surface area contributed by atoms with Crippen LogP contribution in [-0.4, -0.2) is 16.4 Å². The second-order valence-corrected chi connectivity index (χ2v) is 4.79. The van der Waals surface area contributed by atoms with E-state index in [0.717, 1.165) is 18.5 Å². The number of aldehydes is 1. The number of hydrogen-bond acceptors (Lipinski definition) is 4. The number of carbonyl (C=O) groups excluding carboxylic acids is 1. The van der Waals surface area contributed by atoms with Gasteiger partial charge in [0.15, 0.2) is 0 Å². The smallest absolute Gasteiger partial charge is 0.342 e. The topological polar surface area (TPSA) is 56.0 Å². The van der Waals surface area contributed by atoms with Crippen LogP contribution in [0.4, 0.5) is 13.2 Å². The molecule has 0 unspecified atom stereocenters. The summed E-state index contributed by atoms with van der Waals surface area (Å²) in [6.45, 7) is 0. The highest BCUT2D eigenvalue weighted by Crippen LogP contribution is 2.32. The van der Waals surface area contributed by atoms with Gasteiger partial charge in [-0.2, -0.15) is 18.2 Å². The number of halogens is 3. The van der Waals surface area contributed by atoms with Gasteiger partial charge in [-0.05, 0) is 41.5 Å². The van der Waals surface area contributed by atoms with Crippen molar-refractivity contribution < 1.29 is 22.5 Å². The third-order valence-electron chi connectivity index (χ3n) is 3.26. The monoisotopic (exact) mass is 318 g/mol. The molecule has 1 aromatic heterocycles. The van der Waals surface area contributed by atoms with Crippen molar-refractivity contribution in [2.24, 2.45) is 0 Å². The lowest BCUT2D eigenvalue weighted by atomic mass is 9.99. The summed E-state index contributed by atoms with van der Waals surface area (Å²) in [4.78, 5) is 15.0. The number of benzene rings is 2. The fourth-order valence-electron chi connectivity index (χ4n) is 2.16. The first-order chi connectivity index (χ1) is 11.0. The van der Waals surface area contributed by atoms with E-state index in [0.29, 0.717) is 34.4 Å². The number of rotatable bonds is 3. The predicted octanol–water partition coefficient (Wildman–Crippen LogP) is 4.23. The van der Waals surface area contributed by atoms with Gasteiger partial charge >= 0.3 is 6.18 Å². The molecule has 0 spiro atoms. The van der Waals surface area contributed by atoms with Gasteiger partial charge in [0.1, 0.15) is 6.29 Å². The first kappa shape index (κ1) is 15.0. The minimum Gasteiger partial charge on any atom is -0.342 e. The Bertz CT molecular complexity index is 826. The molecule has 0 amide bonds. The van der Waals surface area contributed by atoms with E-state index in [1.807, 2.05) is 0 Å². The maximum Gasteiger partial charge on any atom is 0.416 e. The minimum absolute atomic E-state index is 0.293. The molecule has 0 aliphatic rings. The van der Waals surface area contributed by atoms with Crippen molar-refractivity contribution in [3.8, 4) is 22.5 Å². The van der Waals surface area contributed by atoms with Gasteiger partial charge in [0.25, 0.3) is 0 Å². The third-order valence-corrected chi connectivity index (χ3v) is 3.26. The second kappa shape index (κ2) is 5.68. The van der Waals surface area contributed by atoms with Crippen molar-refractivity contribution in [3.63, 3.8) is 0 Å². The van der Waals surface area contributed by atoms with Gasteiger partial charge < -0.3 is 4.52 Å². The van der Waals surface area contributed by atoms with E-state index in [1.54, 1.807) is 18.2 Å². The molecule has 0 radical (unpaired) electrons. The molecule has 0 aliphatic carbocycles. The van der Waals surface area contributed by atoms with E-state index in [1.165, 1.54) is 12.1 Å². The SMILES string of the molecule is O=Cc1cc(-c2ccc(C(F)(F)F)cc2)cc(-c2ncon2)c1. The molecule has 0 aliphatic heterocycles. The van der Waals surface area contributed by atoms with Gasteiger partial charge in [0.05, 0.1) is 5.56 Å². The summed E-state index contributed by atoms with van der Waals surface area (Å²) in [5.74, 6) is 0.293. The molecule has 0 N–H and O–H groups in total. The summed E-state index contributed by atoms with van der Waals surface area (Å²) < 4.78 is 42.5. The molecular weight excluding hydrogens is 309 g/mol. The molecule has 3 aromatic rings. The molecule has 4 nitrogen and oxygen atoms in total. The van der Waals surface area contributed by atoms with Crippen LogP contribution in [0.15, 0.2) is 53.4 Å². The lowest BCUT2D eigenvalue weighted by molar-refractivity contribution is -0.137. The average molecular weight is 318 g/mol. The molecule has 0 atom stereocenters. The van der Waals surface area contributed by atoms with Crippen LogP contribution in [0.3, 0.4) is 0 Å². The molecule has 0 saturated heterocycles. The summed E-state index contributed by atoms with van der Waals surface area (Å²) >= 11 is 0. The zero-order valence-corrected chi connectivity index (χ0v) is 11.5. The highest BCUT2D eigenvalue weighted by atomic mass is 19.4. The van der Waals surface area contributed by atoms with Crippen LogP contribution in [0, 0.1) is 0 Å². The van der Waals surface area contributed by atoms with Crippen LogP contribution in [0.2, 0.25) is 0 Å². The Morgan fingerprint density at radius 2 is 1.65 bits per heavy atom. The second-order valence-electron chi connectivity index (χ2n) is 4.79. The van der Waals surface area contributed by atoms with Gasteiger partial charge in [-0.3, -0.25) is 4.79 Å². The van der Waals surface area contributed by atoms with Crippen molar-refractivity contribution in [2.45, 2.75) is 6.18 Å². The molecule has 0 fully saturated rings. The van der Waals surface area contributed by atoms with Gasteiger partial charge in [0.2, 0.25) is 12.2 Å². The Morgan fingerprint density at radius 3 is 2.22 bits per heavy atom. The Balaban J connectivity index is 2.05. The van der Waals surface area contributed by atoms with Crippen LogP contribution in [0.1, 0.15) is 15.9 Å². The molecule has 0 bridgehead atoms. The zero-order chi connectivity index (χ0) is 16.4. The fourth-order valence-corrected chi connectivity index (χ4v) is 2.16. The van der Waals surface area contributed by atoms with Crippen molar-refractivity contribution >= 4 is 6.29 Å². The Morgan fingerprint density at radius 1 is 0.957 bits per heavy atom. The van der Waals surface area contributed by atoms with Crippen LogP contribution in [0.25, 0.3) is 22.5 Å². The lowest BCUT2D eigenvalue weighted by Gasteiger charge is -2.09.